The highest BCUT2D eigenvalue weighted by Crippen LogP contribution is 2.06. The lowest BCUT2D eigenvalue weighted by Gasteiger charge is -2.13. The van der Waals surface area contributed by atoms with Crippen LogP contribution in [0.4, 0.5) is 0 Å². The fourth-order valence-electron chi connectivity index (χ4n) is 1.38. The van der Waals surface area contributed by atoms with Gasteiger partial charge < -0.3 is 10.6 Å². The number of carbonyl (C=O) groups is 1. The first kappa shape index (κ1) is 12.6. The number of carbonyl (C=O) groups excluding carboxylic acids is 1. The van der Waals surface area contributed by atoms with Crippen LogP contribution in [0.5, 0.6) is 0 Å². The van der Waals surface area contributed by atoms with Gasteiger partial charge in [0.2, 0.25) is 5.91 Å². The predicted molar refractivity (Wildman–Crippen MR) is 64.0 cm³/mol. The van der Waals surface area contributed by atoms with Crippen molar-refractivity contribution in [3.63, 3.8) is 0 Å². The average Bonchev–Trinajstić information content (AvgIpc) is 2.30. The lowest BCUT2D eigenvalue weighted by Crippen LogP contribution is -2.35. The van der Waals surface area contributed by atoms with Crippen LogP contribution in [0.25, 0.3) is 0 Å². The van der Waals surface area contributed by atoms with Gasteiger partial charge in [0.05, 0.1) is 18.3 Å². The molecular formula is C12H19N3O. The SMILES string of the molecule is CCCNCC(=O)N[C@H](C)c1ccccn1. The summed E-state index contributed by atoms with van der Waals surface area (Å²) in [5.74, 6) is 0.00611. The van der Waals surface area contributed by atoms with Crippen molar-refractivity contribution in [1.29, 1.82) is 0 Å². The average molecular weight is 221 g/mol. The van der Waals surface area contributed by atoms with Crippen LogP contribution < -0.4 is 10.6 Å². The molecule has 0 aliphatic heterocycles. The van der Waals surface area contributed by atoms with E-state index in [4.69, 9.17) is 0 Å². The third-order valence-electron chi connectivity index (χ3n) is 2.22. The zero-order chi connectivity index (χ0) is 11.8. The van der Waals surface area contributed by atoms with Crippen LogP contribution in [-0.2, 0) is 4.79 Å². The van der Waals surface area contributed by atoms with E-state index in [2.05, 4.69) is 22.5 Å². The normalized spacial score (nSPS) is 12.1. The largest absolute Gasteiger partial charge is 0.347 e. The summed E-state index contributed by atoms with van der Waals surface area (Å²) < 4.78 is 0. The fraction of sp³-hybridized carbons (Fsp3) is 0.500. The minimum atomic E-state index is -0.0443. The first-order chi connectivity index (χ1) is 7.74. The monoisotopic (exact) mass is 221 g/mol. The maximum atomic E-state index is 11.5. The van der Waals surface area contributed by atoms with E-state index in [0.717, 1.165) is 18.7 Å². The molecule has 1 rings (SSSR count). The maximum absolute atomic E-state index is 11.5. The number of hydrogen-bond acceptors (Lipinski definition) is 3. The lowest BCUT2D eigenvalue weighted by atomic mass is 10.2. The van der Waals surface area contributed by atoms with Crippen molar-refractivity contribution < 1.29 is 4.79 Å². The summed E-state index contributed by atoms with van der Waals surface area (Å²) >= 11 is 0. The Hall–Kier alpha value is -1.42. The van der Waals surface area contributed by atoms with E-state index in [-0.39, 0.29) is 11.9 Å². The number of rotatable bonds is 6. The molecule has 0 fully saturated rings. The molecule has 0 aliphatic carbocycles. The fourth-order valence-corrected chi connectivity index (χ4v) is 1.38. The summed E-state index contributed by atoms with van der Waals surface area (Å²) in [4.78, 5) is 15.7. The molecule has 1 aromatic rings. The smallest absolute Gasteiger partial charge is 0.234 e. The van der Waals surface area contributed by atoms with E-state index in [1.807, 2.05) is 25.1 Å². The van der Waals surface area contributed by atoms with E-state index < -0.39 is 0 Å². The van der Waals surface area contributed by atoms with Crippen molar-refractivity contribution in [2.24, 2.45) is 0 Å². The number of nitrogens with one attached hydrogen (secondary N) is 2. The van der Waals surface area contributed by atoms with Gasteiger partial charge in [-0.3, -0.25) is 9.78 Å². The molecule has 0 unspecified atom stereocenters. The number of nitrogens with zero attached hydrogens (tertiary/aromatic N) is 1. The van der Waals surface area contributed by atoms with Crippen LogP contribution in [0.2, 0.25) is 0 Å². The highest BCUT2D eigenvalue weighted by Gasteiger charge is 2.09. The Kier molecular flexibility index (Phi) is 5.50. The molecule has 4 heteroatoms. The van der Waals surface area contributed by atoms with Crippen molar-refractivity contribution in [3.8, 4) is 0 Å². The molecule has 88 valence electrons. The predicted octanol–water partition coefficient (Wildman–Crippen LogP) is 1.26. The Morgan fingerprint density at radius 1 is 1.50 bits per heavy atom. The highest BCUT2D eigenvalue weighted by molar-refractivity contribution is 5.78. The second-order valence-electron chi connectivity index (χ2n) is 3.72. The van der Waals surface area contributed by atoms with Crippen LogP contribution >= 0.6 is 0 Å². The summed E-state index contributed by atoms with van der Waals surface area (Å²) in [7, 11) is 0. The van der Waals surface area contributed by atoms with E-state index in [1.54, 1.807) is 6.20 Å². The molecule has 0 saturated heterocycles. The van der Waals surface area contributed by atoms with Crippen molar-refractivity contribution in [1.82, 2.24) is 15.6 Å². The van der Waals surface area contributed by atoms with E-state index in [1.165, 1.54) is 0 Å². The van der Waals surface area contributed by atoms with Gasteiger partial charge >= 0.3 is 0 Å². The summed E-state index contributed by atoms with van der Waals surface area (Å²) in [6, 6.07) is 5.64. The van der Waals surface area contributed by atoms with Crippen molar-refractivity contribution in [2.45, 2.75) is 26.3 Å². The van der Waals surface area contributed by atoms with Gasteiger partial charge in [-0.15, -0.1) is 0 Å². The van der Waals surface area contributed by atoms with Gasteiger partial charge in [0.1, 0.15) is 0 Å². The summed E-state index contributed by atoms with van der Waals surface area (Å²) in [6.45, 7) is 5.23. The summed E-state index contributed by atoms with van der Waals surface area (Å²) in [6.07, 6.45) is 2.76. The third kappa shape index (κ3) is 4.40. The van der Waals surface area contributed by atoms with Crippen LogP contribution in [0.3, 0.4) is 0 Å². The summed E-state index contributed by atoms with van der Waals surface area (Å²) in [5.41, 5.74) is 0.881. The number of amides is 1. The number of pyridine rings is 1. The molecule has 0 aromatic carbocycles. The Bertz CT molecular complexity index is 313. The van der Waals surface area contributed by atoms with E-state index in [9.17, 15) is 4.79 Å². The first-order valence-corrected chi connectivity index (χ1v) is 5.65. The molecule has 1 heterocycles. The minimum absolute atomic E-state index is 0.00611. The summed E-state index contributed by atoms with van der Waals surface area (Å²) in [5, 5.41) is 5.95. The maximum Gasteiger partial charge on any atom is 0.234 e. The van der Waals surface area contributed by atoms with Gasteiger partial charge in [-0.25, -0.2) is 0 Å². The minimum Gasteiger partial charge on any atom is -0.347 e. The van der Waals surface area contributed by atoms with Crippen LogP contribution in [0.15, 0.2) is 24.4 Å². The molecule has 16 heavy (non-hydrogen) atoms. The zero-order valence-electron chi connectivity index (χ0n) is 9.86. The molecule has 1 aromatic heterocycles. The Morgan fingerprint density at radius 3 is 2.94 bits per heavy atom. The van der Waals surface area contributed by atoms with Crippen LogP contribution in [0.1, 0.15) is 32.0 Å². The molecule has 1 atom stereocenters. The van der Waals surface area contributed by atoms with Crippen LogP contribution in [-0.4, -0.2) is 24.0 Å². The first-order valence-electron chi connectivity index (χ1n) is 5.65. The Morgan fingerprint density at radius 2 is 2.31 bits per heavy atom. The van der Waals surface area contributed by atoms with Crippen molar-refractivity contribution >= 4 is 5.91 Å². The third-order valence-corrected chi connectivity index (χ3v) is 2.22. The second-order valence-corrected chi connectivity index (χ2v) is 3.72. The molecule has 0 saturated carbocycles. The van der Waals surface area contributed by atoms with Gasteiger partial charge in [-0.2, -0.15) is 0 Å². The Labute approximate surface area is 96.5 Å². The molecule has 4 nitrogen and oxygen atoms in total. The van der Waals surface area contributed by atoms with E-state index in [0.29, 0.717) is 6.54 Å². The topological polar surface area (TPSA) is 54.0 Å². The molecule has 0 radical (unpaired) electrons. The molecule has 0 aliphatic rings. The molecule has 0 spiro atoms. The van der Waals surface area contributed by atoms with Gasteiger partial charge in [0.15, 0.2) is 0 Å². The molecule has 0 bridgehead atoms. The van der Waals surface area contributed by atoms with Gasteiger partial charge in [-0.05, 0) is 32.0 Å². The molecule has 2 N–H and O–H groups in total. The van der Waals surface area contributed by atoms with Gasteiger partial charge in [0, 0.05) is 6.20 Å². The number of hydrogen-bond donors (Lipinski definition) is 2. The van der Waals surface area contributed by atoms with Crippen LogP contribution in [0, 0.1) is 0 Å². The number of aromatic nitrogens is 1. The van der Waals surface area contributed by atoms with Crippen molar-refractivity contribution in [2.75, 3.05) is 13.1 Å². The highest BCUT2D eigenvalue weighted by atomic mass is 16.1. The van der Waals surface area contributed by atoms with E-state index >= 15 is 0 Å². The standard InChI is InChI=1S/C12H19N3O/c1-3-7-13-9-12(16)15-10(2)11-6-4-5-8-14-11/h4-6,8,10,13H,3,7,9H2,1-2H3,(H,15,16)/t10-/m1/s1. The quantitative estimate of drug-likeness (QED) is 0.711. The molecular weight excluding hydrogens is 202 g/mol. The van der Waals surface area contributed by atoms with Gasteiger partial charge in [-0.1, -0.05) is 13.0 Å². The second kappa shape index (κ2) is 6.95. The molecule has 1 amide bonds. The van der Waals surface area contributed by atoms with Crippen molar-refractivity contribution in [3.05, 3.63) is 30.1 Å². The Balaban J connectivity index is 2.34. The zero-order valence-corrected chi connectivity index (χ0v) is 9.86. The lowest BCUT2D eigenvalue weighted by molar-refractivity contribution is -0.120. The van der Waals surface area contributed by atoms with Gasteiger partial charge in [0.25, 0.3) is 0 Å².